The average molecular weight is 265 g/mol. The monoisotopic (exact) mass is 265 g/mol. The van der Waals surface area contributed by atoms with Crippen LogP contribution in [-0.4, -0.2) is 11.1 Å². The lowest BCUT2D eigenvalue weighted by Gasteiger charge is -1.99. The minimum absolute atomic E-state index is 0.189. The lowest BCUT2D eigenvalue weighted by atomic mass is 10.3. The Hall–Kier alpha value is -1.59. The standard InChI is InChI=1S/C13H15NO3S/c1-8-3-12(18-9(8)2)6-14-5-11-4-10(7-17-11)13(15)16/h3-4,7,14H,5-6H2,1-2H3,(H,15,16). The van der Waals surface area contributed by atoms with Gasteiger partial charge in [0.15, 0.2) is 0 Å². The van der Waals surface area contributed by atoms with E-state index in [9.17, 15) is 4.79 Å². The summed E-state index contributed by atoms with van der Waals surface area (Å²) in [5.41, 5.74) is 1.50. The first-order chi connectivity index (χ1) is 8.56. The molecule has 2 N–H and O–H groups in total. The van der Waals surface area contributed by atoms with E-state index >= 15 is 0 Å². The fraction of sp³-hybridized carbons (Fsp3) is 0.308. The van der Waals surface area contributed by atoms with Gasteiger partial charge in [-0.1, -0.05) is 0 Å². The Morgan fingerprint density at radius 1 is 1.39 bits per heavy atom. The molecule has 2 aromatic heterocycles. The summed E-state index contributed by atoms with van der Waals surface area (Å²) < 4.78 is 5.15. The van der Waals surface area contributed by atoms with Crippen LogP contribution in [0.4, 0.5) is 0 Å². The number of hydrogen-bond donors (Lipinski definition) is 2. The number of aryl methyl sites for hydroxylation is 2. The lowest BCUT2D eigenvalue weighted by molar-refractivity contribution is 0.0696. The zero-order valence-corrected chi connectivity index (χ0v) is 11.1. The first kappa shape index (κ1) is 12.9. The zero-order chi connectivity index (χ0) is 13.1. The highest BCUT2D eigenvalue weighted by atomic mass is 32.1. The van der Waals surface area contributed by atoms with Crippen LogP contribution in [-0.2, 0) is 13.1 Å². The largest absolute Gasteiger partial charge is 0.478 e. The molecule has 4 nitrogen and oxygen atoms in total. The van der Waals surface area contributed by atoms with E-state index in [0.717, 1.165) is 6.54 Å². The molecule has 0 bridgehead atoms. The molecule has 0 saturated heterocycles. The number of carbonyl (C=O) groups is 1. The van der Waals surface area contributed by atoms with Gasteiger partial charge in [-0.05, 0) is 31.5 Å². The Balaban J connectivity index is 1.86. The first-order valence-electron chi connectivity index (χ1n) is 5.63. The molecule has 2 rings (SSSR count). The summed E-state index contributed by atoms with van der Waals surface area (Å²) in [6.07, 6.45) is 1.26. The molecular weight excluding hydrogens is 250 g/mol. The summed E-state index contributed by atoms with van der Waals surface area (Å²) >= 11 is 1.77. The van der Waals surface area contributed by atoms with Crippen LogP contribution in [0.25, 0.3) is 0 Å². The lowest BCUT2D eigenvalue weighted by Crippen LogP contribution is -2.11. The minimum atomic E-state index is -0.963. The van der Waals surface area contributed by atoms with Crippen molar-refractivity contribution in [1.29, 1.82) is 0 Å². The molecule has 0 aliphatic heterocycles. The van der Waals surface area contributed by atoms with Crippen molar-refractivity contribution < 1.29 is 14.3 Å². The van der Waals surface area contributed by atoms with Crippen molar-refractivity contribution >= 4 is 17.3 Å². The van der Waals surface area contributed by atoms with Crippen LogP contribution >= 0.6 is 11.3 Å². The van der Waals surface area contributed by atoms with E-state index in [1.807, 2.05) is 0 Å². The fourth-order valence-electron chi connectivity index (χ4n) is 1.63. The molecule has 0 saturated carbocycles. The summed E-state index contributed by atoms with van der Waals surface area (Å²) in [7, 11) is 0. The van der Waals surface area contributed by atoms with Crippen molar-refractivity contribution in [2.24, 2.45) is 0 Å². The van der Waals surface area contributed by atoms with Gasteiger partial charge in [0.25, 0.3) is 0 Å². The molecule has 2 aromatic rings. The highest BCUT2D eigenvalue weighted by molar-refractivity contribution is 7.12. The molecule has 0 unspecified atom stereocenters. The van der Waals surface area contributed by atoms with Gasteiger partial charge in [-0.15, -0.1) is 11.3 Å². The van der Waals surface area contributed by atoms with Crippen LogP contribution in [0.5, 0.6) is 0 Å². The second-order valence-corrected chi connectivity index (χ2v) is 5.50. The summed E-state index contributed by atoms with van der Waals surface area (Å²) in [6, 6.07) is 3.71. The van der Waals surface area contributed by atoms with Crippen molar-refractivity contribution in [1.82, 2.24) is 5.32 Å². The smallest absolute Gasteiger partial charge is 0.338 e. The molecular formula is C13H15NO3S. The van der Waals surface area contributed by atoms with Crippen LogP contribution in [0.2, 0.25) is 0 Å². The Kier molecular flexibility index (Phi) is 3.84. The first-order valence-corrected chi connectivity index (χ1v) is 6.45. The van der Waals surface area contributed by atoms with E-state index in [1.54, 1.807) is 17.4 Å². The minimum Gasteiger partial charge on any atom is -0.478 e. The quantitative estimate of drug-likeness (QED) is 0.872. The van der Waals surface area contributed by atoms with E-state index < -0.39 is 5.97 Å². The highest BCUT2D eigenvalue weighted by Gasteiger charge is 2.08. The van der Waals surface area contributed by atoms with Gasteiger partial charge in [0, 0.05) is 16.3 Å². The average Bonchev–Trinajstić information content (AvgIpc) is 2.88. The molecule has 18 heavy (non-hydrogen) atoms. The predicted octanol–water partition coefficient (Wildman–Crippen LogP) is 2.95. The van der Waals surface area contributed by atoms with Crippen LogP contribution in [0.15, 0.2) is 22.8 Å². The van der Waals surface area contributed by atoms with E-state index in [2.05, 4.69) is 25.2 Å². The molecule has 5 heteroatoms. The molecule has 0 aliphatic rings. The number of aromatic carboxylic acids is 1. The van der Waals surface area contributed by atoms with Gasteiger partial charge < -0.3 is 14.8 Å². The predicted molar refractivity (Wildman–Crippen MR) is 70.0 cm³/mol. The van der Waals surface area contributed by atoms with Gasteiger partial charge in [-0.3, -0.25) is 0 Å². The number of carboxylic acid groups (broad SMARTS) is 1. The second-order valence-electron chi connectivity index (χ2n) is 4.16. The SMILES string of the molecule is Cc1cc(CNCc2cc(C(=O)O)co2)sc1C. The number of thiophene rings is 1. The molecule has 0 fully saturated rings. The van der Waals surface area contributed by atoms with Crippen molar-refractivity contribution in [3.8, 4) is 0 Å². The van der Waals surface area contributed by atoms with Gasteiger partial charge in [0.2, 0.25) is 0 Å². The van der Waals surface area contributed by atoms with E-state index in [1.165, 1.54) is 21.6 Å². The van der Waals surface area contributed by atoms with Crippen molar-refractivity contribution in [2.75, 3.05) is 0 Å². The molecule has 2 heterocycles. The highest BCUT2D eigenvalue weighted by Crippen LogP contribution is 2.20. The summed E-state index contributed by atoms with van der Waals surface area (Å²) in [5, 5.41) is 12.0. The molecule has 0 spiro atoms. The molecule has 0 atom stereocenters. The van der Waals surface area contributed by atoms with Crippen molar-refractivity contribution in [3.63, 3.8) is 0 Å². The Bertz CT molecular complexity index is 537. The third-order valence-electron chi connectivity index (χ3n) is 2.72. The maximum absolute atomic E-state index is 10.7. The zero-order valence-electron chi connectivity index (χ0n) is 10.3. The van der Waals surface area contributed by atoms with Gasteiger partial charge in [-0.2, -0.15) is 0 Å². The van der Waals surface area contributed by atoms with Gasteiger partial charge >= 0.3 is 5.97 Å². The Labute approximate surface area is 109 Å². The second kappa shape index (κ2) is 5.37. The molecule has 0 aromatic carbocycles. The third-order valence-corrected chi connectivity index (χ3v) is 3.87. The van der Waals surface area contributed by atoms with E-state index in [0.29, 0.717) is 12.3 Å². The summed E-state index contributed by atoms with van der Waals surface area (Å²) in [6.45, 7) is 5.50. The van der Waals surface area contributed by atoms with Crippen LogP contribution in [0.1, 0.15) is 31.4 Å². The molecule has 0 amide bonds. The van der Waals surface area contributed by atoms with E-state index in [-0.39, 0.29) is 5.56 Å². The van der Waals surface area contributed by atoms with Crippen LogP contribution < -0.4 is 5.32 Å². The maximum Gasteiger partial charge on any atom is 0.338 e. The third kappa shape index (κ3) is 3.00. The van der Waals surface area contributed by atoms with Gasteiger partial charge in [0.1, 0.15) is 12.0 Å². The number of hydrogen-bond acceptors (Lipinski definition) is 4. The van der Waals surface area contributed by atoms with Gasteiger partial charge in [-0.25, -0.2) is 4.79 Å². The molecule has 96 valence electrons. The topological polar surface area (TPSA) is 62.5 Å². The van der Waals surface area contributed by atoms with Crippen molar-refractivity contribution in [3.05, 3.63) is 45.0 Å². The maximum atomic E-state index is 10.7. The van der Waals surface area contributed by atoms with E-state index in [4.69, 9.17) is 9.52 Å². The number of carboxylic acids is 1. The molecule has 0 aliphatic carbocycles. The number of furan rings is 1. The van der Waals surface area contributed by atoms with Crippen LogP contribution in [0, 0.1) is 13.8 Å². The Morgan fingerprint density at radius 2 is 2.17 bits per heavy atom. The van der Waals surface area contributed by atoms with Crippen molar-refractivity contribution in [2.45, 2.75) is 26.9 Å². The Morgan fingerprint density at radius 3 is 2.72 bits per heavy atom. The fourth-order valence-corrected chi connectivity index (χ4v) is 2.65. The number of rotatable bonds is 5. The number of nitrogens with one attached hydrogen (secondary N) is 1. The van der Waals surface area contributed by atoms with Gasteiger partial charge in [0.05, 0.1) is 12.1 Å². The summed E-state index contributed by atoms with van der Waals surface area (Å²) in [5.74, 6) is -0.327. The molecule has 0 radical (unpaired) electrons. The normalized spacial score (nSPS) is 10.8. The van der Waals surface area contributed by atoms with Crippen LogP contribution in [0.3, 0.4) is 0 Å². The summed E-state index contributed by atoms with van der Waals surface area (Å²) in [4.78, 5) is 13.3.